The van der Waals surface area contributed by atoms with Gasteiger partial charge < -0.3 is 10.6 Å². The lowest BCUT2D eigenvalue weighted by Gasteiger charge is -2.05. The van der Waals surface area contributed by atoms with Crippen LogP contribution in [0.2, 0.25) is 0 Å². The zero-order valence-electron chi connectivity index (χ0n) is 9.97. The first kappa shape index (κ1) is 12.0. The maximum Gasteiger partial charge on any atom is 0.269 e. The quantitative estimate of drug-likeness (QED) is 0.701. The van der Waals surface area contributed by atoms with E-state index in [1.165, 1.54) is 6.33 Å². The number of carbonyl (C=O) groups is 1. The molecule has 94 valence electrons. The predicted octanol–water partition coefficient (Wildman–Crippen LogP) is 0.214. The van der Waals surface area contributed by atoms with Crippen molar-refractivity contribution in [3.05, 3.63) is 36.0 Å². The van der Waals surface area contributed by atoms with Crippen molar-refractivity contribution in [3.63, 3.8) is 0 Å². The summed E-state index contributed by atoms with van der Waals surface area (Å²) in [4.78, 5) is 19.9. The molecular formula is C11H14N6O. The molecule has 7 nitrogen and oxygen atoms in total. The molecule has 0 fully saturated rings. The molecule has 0 saturated heterocycles. The van der Waals surface area contributed by atoms with E-state index in [4.69, 9.17) is 0 Å². The lowest BCUT2D eigenvalue weighted by Crippen LogP contribution is -2.26. The second-order valence-corrected chi connectivity index (χ2v) is 3.60. The Balaban J connectivity index is 1.87. The summed E-state index contributed by atoms with van der Waals surface area (Å²) >= 11 is 0. The molecule has 2 aromatic heterocycles. The molecule has 0 bridgehead atoms. The van der Waals surface area contributed by atoms with E-state index in [0.29, 0.717) is 24.5 Å². The maximum atomic E-state index is 11.8. The third-order valence-electron chi connectivity index (χ3n) is 2.35. The van der Waals surface area contributed by atoms with E-state index in [1.807, 2.05) is 0 Å². The maximum absolute atomic E-state index is 11.8. The van der Waals surface area contributed by atoms with E-state index in [-0.39, 0.29) is 5.91 Å². The van der Waals surface area contributed by atoms with Crippen molar-refractivity contribution >= 4 is 11.7 Å². The van der Waals surface area contributed by atoms with Crippen LogP contribution in [0.5, 0.6) is 0 Å². The van der Waals surface area contributed by atoms with Crippen LogP contribution in [-0.2, 0) is 6.42 Å². The molecule has 0 aliphatic rings. The normalized spacial score (nSPS) is 10.1. The molecule has 0 atom stereocenters. The van der Waals surface area contributed by atoms with Crippen molar-refractivity contribution in [3.8, 4) is 0 Å². The lowest BCUT2D eigenvalue weighted by atomic mass is 10.3. The molecule has 0 aliphatic carbocycles. The molecule has 0 spiro atoms. The molecule has 0 saturated carbocycles. The summed E-state index contributed by atoms with van der Waals surface area (Å²) in [6.07, 6.45) is 2.05. The second-order valence-electron chi connectivity index (χ2n) is 3.60. The number of H-pyrrole nitrogens is 1. The van der Waals surface area contributed by atoms with Crippen LogP contribution in [0.25, 0.3) is 0 Å². The molecule has 2 rings (SSSR count). The van der Waals surface area contributed by atoms with Gasteiger partial charge in [0.1, 0.15) is 23.7 Å². The number of anilines is 1. The van der Waals surface area contributed by atoms with Gasteiger partial charge in [0.25, 0.3) is 5.91 Å². The first-order valence-corrected chi connectivity index (χ1v) is 5.57. The van der Waals surface area contributed by atoms with Crippen LogP contribution in [0.4, 0.5) is 5.82 Å². The fourth-order valence-electron chi connectivity index (χ4n) is 1.44. The van der Waals surface area contributed by atoms with Gasteiger partial charge in [0.05, 0.1) is 0 Å². The highest BCUT2D eigenvalue weighted by Gasteiger charge is 2.07. The van der Waals surface area contributed by atoms with Gasteiger partial charge in [-0.2, -0.15) is 5.10 Å². The van der Waals surface area contributed by atoms with Gasteiger partial charge in [0, 0.05) is 20.0 Å². The largest absolute Gasteiger partial charge is 0.373 e. The van der Waals surface area contributed by atoms with Crippen LogP contribution in [0, 0.1) is 0 Å². The highest BCUT2D eigenvalue weighted by Crippen LogP contribution is 2.03. The van der Waals surface area contributed by atoms with Gasteiger partial charge in [-0.3, -0.25) is 9.89 Å². The number of aromatic nitrogens is 4. The summed E-state index contributed by atoms with van der Waals surface area (Å²) < 4.78 is 0. The summed E-state index contributed by atoms with van der Waals surface area (Å²) in [5.41, 5.74) is 0.388. The topological polar surface area (TPSA) is 95.6 Å². The van der Waals surface area contributed by atoms with Crippen LogP contribution < -0.4 is 10.6 Å². The molecule has 0 aliphatic heterocycles. The molecule has 0 radical (unpaired) electrons. The van der Waals surface area contributed by atoms with Crippen LogP contribution >= 0.6 is 0 Å². The zero-order valence-corrected chi connectivity index (χ0v) is 9.97. The molecule has 18 heavy (non-hydrogen) atoms. The SMILES string of the molecule is CNc1cccc(C(=O)NCCc2ncn[nH]2)n1. The third-order valence-corrected chi connectivity index (χ3v) is 2.35. The number of aromatic amines is 1. The van der Waals surface area contributed by atoms with E-state index in [0.717, 1.165) is 5.82 Å². The summed E-state index contributed by atoms with van der Waals surface area (Å²) in [7, 11) is 1.76. The number of hydrogen-bond acceptors (Lipinski definition) is 5. The minimum absolute atomic E-state index is 0.202. The van der Waals surface area contributed by atoms with E-state index in [2.05, 4.69) is 30.8 Å². The van der Waals surface area contributed by atoms with Gasteiger partial charge in [-0.05, 0) is 12.1 Å². The summed E-state index contributed by atoms with van der Waals surface area (Å²) in [5.74, 6) is 1.21. The van der Waals surface area contributed by atoms with Crippen molar-refractivity contribution < 1.29 is 4.79 Å². The minimum atomic E-state index is -0.202. The van der Waals surface area contributed by atoms with Gasteiger partial charge in [-0.1, -0.05) is 6.07 Å². The standard InChI is InChI=1S/C11H14N6O/c1-12-9-4-2-3-8(16-9)11(18)13-6-5-10-14-7-15-17-10/h2-4,7H,5-6H2,1H3,(H,12,16)(H,13,18)(H,14,15,17). The van der Waals surface area contributed by atoms with E-state index in [9.17, 15) is 4.79 Å². The number of amides is 1. The van der Waals surface area contributed by atoms with Crippen LogP contribution in [-0.4, -0.2) is 39.7 Å². The van der Waals surface area contributed by atoms with Crippen LogP contribution in [0.3, 0.4) is 0 Å². The number of hydrogen-bond donors (Lipinski definition) is 3. The van der Waals surface area contributed by atoms with Gasteiger partial charge in [0.2, 0.25) is 0 Å². The first-order chi connectivity index (χ1) is 8.79. The Morgan fingerprint density at radius 2 is 2.33 bits per heavy atom. The van der Waals surface area contributed by atoms with Gasteiger partial charge in [-0.25, -0.2) is 9.97 Å². The number of carbonyl (C=O) groups excluding carboxylic acids is 1. The fraction of sp³-hybridized carbons (Fsp3) is 0.273. The highest BCUT2D eigenvalue weighted by atomic mass is 16.1. The average molecular weight is 246 g/mol. The van der Waals surface area contributed by atoms with E-state index >= 15 is 0 Å². The number of pyridine rings is 1. The number of nitrogens with zero attached hydrogens (tertiary/aromatic N) is 3. The molecule has 0 unspecified atom stereocenters. The van der Waals surface area contributed by atoms with Crippen molar-refractivity contribution in [1.29, 1.82) is 0 Å². The smallest absolute Gasteiger partial charge is 0.269 e. The Hall–Kier alpha value is -2.44. The first-order valence-electron chi connectivity index (χ1n) is 5.57. The number of nitrogens with one attached hydrogen (secondary N) is 3. The van der Waals surface area contributed by atoms with Crippen LogP contribution in [0.15, 0.2) is 24.5 Å². The van der Waals surface area contributed by atoms with E-state index < -0.39 is 0 Å². The Morgan fingerprint density at radius 3 is 3.06 bits per heavy atom. The molecule has 0 aromatic carbocycles. The molecular weight excluding hydrogens is 232 g/mol. The predicted molar refractivity (Wildman–Crippen MR) is 66.2 cm³/mol. The van der Waals surface area contributed by atoms with Gasteiger partial charge in [0.15, 0.2) is 0 Å². The molecule has 1 amide bonds. The highest BCUT2D eigenvalue weighted by molar-refractivity contribution is 5.92. The number of rotatable bonds is 5. The van der Waals surface area contributed by atoms with E-state index in [1.54, 1.807) is 25.2 Å². The van der Waals surface area contributed by atoms with Crippen molar-refractivity contribution in [2.75, 3.05) is 18.9 Å². The summed E-state index contributed by atoms with van der Waals surface area (Å²) in [6.45, 7) is 0.486. The monoisotopic (exact) mass is 246 g/mol. The third kappa shape index (κ3) is 3.03. The molecule has 2 aromatic rings. The Bertz CT molecular complexity index is 510. The molecule has 3 N–H and O–H groups in total. The van der Waals surface area contributed by atoms with Crippen molar-refractivity contribution in [1.82, 2.24) is 25.5 Å². The van der Waals surface area contributed by atoms with Crippen molar-refractivity contribution in [2.24, 2.45) is 0 Å². The Morgan fingerprint density at radius 1 is 1.44 bits per heavy atom. The summed E-state index contributed by atoms with van der Waals surface area (Å²) in [5, 5.41) is 12.1. The van der Waals surface area contributed by atoms with Crippen molar-refractivity contribution in [2.45, 2.75) is 6.42 Å². The Kier molecular flexibility index (Phi) is 3.85. The van der Waals surface area contributed by atoms with Gasteiger partial charge >= 0.3 is 0 Å². The second kappa shape index (κ2) is 5.76. The molecule has 7 heteroatoms. The van der Waals surface area contributed by atoms with Crippen LogP contribution in [0.1, 0.15) is 16.3 Å². The van der Waals surface area contributed by atoms with Gasteiger partial charge in [-0.15, -0.1) is 0 Å². The Labute approximate surface area is 104 Å². The zero-order chi connectivity index (χ0) is 12.8. The fourth-order valence-corrected chi connectivity index (χ4v) is 1.44. The molecule has 2 heterocycles. The lowest BCUT2D eigenvalue weighted by molar-refractivity contribution is 0.0949. The average Bonchev–Trinajstić information content (AvgIpc) is 2.92. The summed E-state index contributed by atoms with van der Waals surface area (Å²) in [6, 6.07) is 5.25. The minimum Gasteiger partial charge on any atom is -0.373 e.